The van der Waals surface area contributed by atoms with Gasteiger partial charge in [-0.2, -0.15) is 0 Å². The van der Waals surface area contributed by atoms with Crippen molar-refractivity contribution in [2.75, 3.05) is 7.11 Å². The van der Waals surface area contributed by atoms with E-state index in [1.54, 1.807) is 12.1 Å². The normalized spacial score (nSPS) is 12.0. The van der Waals surface area contributed by atoms with Gasteiger partial charge >= 0.3 is 5.97 Å². The van der Waals surface area contributed by atoms with E-state index in [0.29, 0.717) is 5.56 Å². The number of fused-ring (bicyclic) bond motifs is 2. The van der Waals surface area contributed by atoms with Crippen molar-refractivity contribution in [2.24, 2.45) is 0 Å². The first kappa shape index (κ1) is 24.5. The third-order valence-electron chi connectivity index (χ3n) is 6.52. The van der Waals surface area contributed by atoms with E-state index in [1.165, 1.54) is 13.2 Å². The quantitative estimate of drug-likeness (QED) is 0.163. The number of ether oxygens (including phenoxy) is 1. The molecule has 0 aliphatic heterocycles. The topological polar surface area (TPSA) is 158 Å². The van der Waals surface area contributed by atoms with Crippen LogP contribution in [0.15, 0.2) is 75.9 Å². The summed E-state index contributed by atoms with van der Waals surface area (Å²) in [6, 6.07) is 17.3. The van der Waals surface area contributed by atoms with Crippen LogP contribution in [-0.2, 0) is 9.53 Å². The summed E-state index contributed by atoms with van der Waals surface area (Å²) in [6.07, 6.45) is -0.252. The molecule has 0 radical (unpaired) electrons. The molecule has 0 aliphatic rings. The average molecular weight is 514 g/mol. The van der Waals surface area contributed by atoms with Crippen LogP contribution >= 0.6 is 0 Å². The minimum Gasteiger partial charge on any atom is -0.507 e. The zero-order chi connectivity index (χ0) is 27.1. The van der Waals surface area contributed by atoms with Crippen molar-refractivity contribution >= 4 is 27.7 Å². The first-order valence-electron chi connectivity index (χ1n) is 11.5. The maximum Gasteiger partial charge on any atom is 0.306 e. The molecule has 0 aliphatic carbocycles. The monoisotopic (exact) mass is 514 g/mol. The van der Waals surface area contributed by atoms with Crippen molar-refractivity contribution in [1.29, 1.82) is 0 Å². The van der Waals surface area contributed by atoms with Crippen LogP contribution in [0.4, 0.5) is 0 Å². The van der Waals surface area contributed by atoms with Gasteiger partial charge < -0.3 is 34.7 Å². The molecule has 0 fully saturated rings. The Hall–Kier alpha value is -5.18. The number of esters is 1. The Morgan fingerprint density at radius 2 is 1.61 bits per heavy atom. The molecule has 0 saturated heterocycles. The Balaban J connectivity index is 1.88. The van der Waals surface area contributed by atoms with Crippen LogP contribution in [0.3, 0.4) is 0 Å². The predicted molar refractivity (Wildman–Crippen MR) is 139 cm³/mol. The molecular weight excluding hydrogens is 492 g/mol. The van der Waals surface area contributed by atoms with Crippen LogP contribution in [-0.4, -0.2) is 38.6 Å². The van der Waals surface area contributed by atoms with E-state index in [-0.39, 0.29) is 28.9 Å². The second-order valence-corrected chi connectivity index (χ2v) is 8.75. The molecule has 192 valence electrons. The summed E-state index contributed by atoms with van der Waals surface area (Å²) in [5.74, 6) is -4.78. The number of hydrogen-bond donors (Lipinski definition) is 5. The maximum absolute atomic E-state index is 13.3. The number of benzene rings is 4. The van der Waals surface area contributed by atoms with E-state index < -0.39 is 51.4 Å². The van der Waals surface area contributed by atoms with E-state index in [9.17, 15) is 35.1 Å². The smallest absolute Gasteiger partial charge is 0.306 e. The number of carbonyl (C=O) groups is 1. The summed E-state index contributed by atoms with van der Waals surface area (Å²) in [6.45, 7) is 0. The molecular formula is C29H22O9. The predicted octanol–water partition coefficient (Wildman–Crippen LogP) is 4.84. The largest absolute Gasteiger partial charge is 0.507 e. The van der Waals surface area contributed by atoms with Crippen molar-refractivity contribution < 1.29 is 39.5 Å². The number of phenols is 4. The Bertz CT molecular complexity index is 1780. The Labute approximate surface area is 215 Å². The summed E-state index contributed by atoms with van der Waals surface area (Å²) < 4.78 is 10.9. The molecule has 1 atom stereocenters. The summed E-state index contributed by atoms with van der Waals surface area (Å²) in [5.41, 5.74) is -0.589. The van der Waals surface area contributed by atoms with Gasteiger partial charge in [-0.05, 0) is 34.5 Å². The molecule has 1 unspecified atom stereocenters. The molecule has 0 saturated carbocycles. The lowest BCUT2D eigenvalue weighted by molar-refractivity contribution is -0.140. The molecule has 5 rings (SSSR count). The fourth-order valence-electron chi connectivity index (χ4n) is 4.71. The summed E-state index contributed by atoms with van der Waals surface area (Å²) >= 11 is 0. The molecule has 0 spiro atoms. The highest BCUT2D eigenvalue weighted by Crippen LogP contribution is 2.46. The minimum atomic E-state index is -0.998. The van der Waals surface area contributed by atoms with Gasteiger partial charge in [-0.3, -0.25) is 9.59 Å². The Morgan fingerprint density at radius 1 is 0.868 bits per heavy atom. The fraction of sp³-hybridized carbons (Fsp3) is 0.103. The molecule has 1 heterocycles. The second kappa shape index (κ2) is 9.36. The van der Waals surface area contributed by atoms with Gasteiger partial charge in [0.05, 0.1) is 13.5 Å². The average Bonchev–Trinajstić information content (AvgIpc) is 2.90. The highest BCUT2D eigenvalue weighted by Gasteiger charge is 2.30. The second-order valence-electron chi connectivity index (χ2n) is 8.75. The molecule has 4 aromatic carbocycles. The van der Waals surface area contributed by atoms with Crippen LogP contribution < -0.4 is 5.43 Å². The molecule has 0 amide bonds. The van der Waals surface area contributed by atoms with Gasteiger partial charge in [-0.25, -0.2) is 0 Å². The first-order valence-corrected chi connectivity index (χ1v) is 11.5. The van der Waals surface area contributed by atoms with Gasteiger partial charge in [0.2, 0.25) is 11.2 Å². The first-order chi connectivity index (χ1) is 18.2. The molecule has 5 aromatic rings. The molecule has 9 nitrogen and oxygen atoms in total. The van der Waals surface area contributed by atoms with Gasteiger partial charge in [0, 0.05) is 23.1 Å². The lowest BCUT2D eigenvalue weighted by Gasteiger charge is -2.22. The van der Waals surface area contributed by atoms with Gasteiger partial charge in [0.15, 0.2) is 17.3 Å². The van der Waals surface area contributed by atoms with Crippen molar-refractivity contribution in [3.05, 3.63) is 88.1 Å². The third-order valence-corrected chi connectivity index (χ3v) is 6.52. The number of phenolic OH excluding ortho intramolecular Hbond substituents is 4. The fourth-order valence-corrected chi connectivity index (χ4v) is 4.71. The van der Waals surface area contributed by atoms with E-state index in [2.05, 4.69) is 0 Å². The van der Waals surface area contributed by atoms with Crippen molar-refractivity contribution in [3.8, 4) is 40.1 Å². The van der Waals surface area contributed by atoms with Gasteiger partial charge in [0.1, 0.15) is 22.5 Å². The van der Waals surface area contributed by atoms with Crippen LogP contribution in [0.25, 0.3) is 33.1 Å². The van der Waals surface area contributed by atoms with E-state index >= 15 is 0 Å². The zero-order valence-electron chi connectivity index (χ0n) is 20.0. The lowest BCUT2D eigenvalue weighted by Crippen LogP contribution is -2.13. The molecule has 5 N–H and O–H groups in total. The summed E-state index contributed by atoms with van der Waals surface area (Å²) in [4.78, 5) is 25.8. The van der Waals surface area contributed by atoms with Crippen LogP contribution in [0.5, 0.6) is 28.7 Å². The van der Waals surface area contributed by atoms with Crippen LogP contribution in [0.2, 0.25) is 0 Å². The Kier molecular flexibility index (Phi) is 6.04. The third kappa shape index (κ3) is 4.00. The van der Waals surface area contributed by atoms with Gasteiger partial charge in [0.25, 0.3) is 0 Å². The maximum atomic E-state index is 13.3. The highest BCUT2D eigenvalue weighted by molar-refractivity contribution is 5.94. The minimum absolute atomic E-state index is 0.0147. The van der Waals surface area contributed by atoms with Gasteiger partial charge in [-0.1, -0.05) is 42.5 Å². The highest BCUT2D eigenvalue weighted by atomic mass is 16.5. The number of methoxy groups -OCH3 is 1. The van der Waals surface area contributed by atoms with E-state index in [0.717, 1.165) is 29.0 Å². The van der Waals surface area contributed by atoms with Crippen molar-refractivity contribution in [2.45, 2.75) is 12.3 Å². The molecule has 0 bridgehead atoms. The van der Waals surface area contributed by atoms with E-state index in [1.807, 2.05) is 30.3 Å². The van der Waals surface area contributed by atoms with Gasteiger partial charge in [-0.15, -0.1) is 0 Å². The number of aromatic hydroxyl groups is 5. The van der Waals surface area contributed by atoms with Crippen LogP contribution in [0, 0.1) is 0 Å². The molecule has 38 heavy (non-hydrogen) atoms. The Morgan fingerprint density at radius 3 is 2.34 bits per heavy atom. The number of carbonyl (C=O) groups excluding carboxylic acids is 1. The molecule has 9 heteroatoms. The number of rotatable bonds is 5. The zero-order valence-corrected chi connectivity index (χ0v) is 20.0. The SMILES string of the molecule is COC(=O)CC(c1cccc2ccccc12)c1c(O)cc(O)c2c(=O)c(O)c(-c3ccc(O)c(O)c3)oc12. The number of hydrogen-bond acceptors (Lipinski definition) is 9. The summed E-state index contributed by atoms with van der Waals surface area (Å²) in [5, 5.41) is 53.2. The lowest BCUT2D eigenvalue weighted by atomic mass is 9.84. The summed E-state index contributed by atoms with van der Waals surface area (Å²) in [7, 11) is 1.23. The van der Waals surface area contributed by atoms with Crippen molar-refractivity contribution in [1.82, 2.24) is 0 Å². The van der Waals surface area contributed by atoms with Crippen molar-refractivity contribution in [3.63, 3.8) is 0 Å². The molecule has 1 aromatic heterocycles. The van der Waals surface area contributed by atoms with Crippen LogP contribution in [0.1, 0.15) is 23.5 Å². The standard InChI is InChI=1S/C29H22O9/c1-37-23(34)12-18(17-8-4-6-14-5-2-3-7-16(14)17)24-21(32)13-22(33)25-26(35)27(36)28(38-29(24)25)15-9-10-19(30)20(31)11-15/h2-11,13,18,30-33,36H,12H2,1H3. The van der Waals surface area contributed by atoms with E-state index in [4.69, 9.17) is 9.15 Å².